The second-order valence-corrected chi connectivity index (χ2v) is 2.41. The molecule has 0 aromatic carbocycles. The van der Waals surface area contributed by atoms with Gasteiger partial charge < -0.3 is 16.4 Å². The Kier molecular flexibility index (Phi) is 4.98. The topological polar surface area (TPSA) is 96.6 Å². The normalized spacial score (nSPS) is 12.2. The SMILES string of the molecule is C/C=N\C(NC(C)=O)=C(/N)C(=O)NC. The number of nitrogens with one attached hydrogen (secondary N) is 2. The van der Waals surface area contributed by atoms with Gasteiger partial charge in [0, 0.05) is 20.2 Å². The average Bonchev–Trinajstić information content (AvgIpc) is 2.14. The van der Waals surface area contributed by atoms with Gasteiger partial charge in [0.2, 0.25) is 5.91 Å². The smallest absolute Gasteiger partial charge is 0.270 e. The molecule has 0 aromatic heterocycles. The van der Waals surface area contributed by atoms with Gasteiger partial charge >= 0.3 is 0 Å². The Morgan fingerprint density at radius 3 is 2.36 bits per heavy atom. The zero-order chi connectivity index (χ0) is 11.1. The molecule has 6 nitrogen and oxygen atoms in total. The Balaban J connectivity index is 4.94. The Labute approximate surface area is 82.3 Å². The summed E-state index contributed by atoms with van der Waals surface area (Å²) in [5.41, 5.74) is 5.32. The van der Waals surface area contributed by atoms with Crippen LogP contribution in [0, 0.1) is 0 Å². The summed E-state index contributed by atoms with van der Waals surface area (Å²) in [4.78, 5) is 25.6. The molecule has 78 valence electrons. The number of likely N-dealkylation sites (N-methyl/N-ethyl adjacent to an activating group) is 1. The zero-order valence-corrected chi connectivity index (χ0v) is 8.42. The lowest BCUT2D eigenvalue weighted by Crippen LogP contribution is -2.31. The first-order valence-electron chi connectivity index (χ1n) is 4.01. The highest BCUT2D eigenvalue weighted by molar-refractivity contribution is 5.93. The predicted molar refractivity (Wildman–Crippen MR) is 53.3 cm³/mol. The molecule has 4 N–H and O–H groups in total. The summed E-state index contributed by atoms with van der Waals surface area (Å²) in [5.74, 6) is -0.767. The summed E-state index contributed by atoms with van der Waals surface area (Å²) in [5, 5.41) is 4.68. The lowest BCUT2D eigenvalue weighted by molar-refractivity contribution is -0.118. The van der Waals surface area contributed by atoms with Crippen molar-refractivity contribution in [2.45, 2.75) is 13.8 Å². The number of aliphatic imine (C=N–C) groups is 1. The highest BCUT2D eigenvalue weighted by Gasteiger charge is 2.10. The molecule has 2 amide bonds. The van der Waals surface area contributed by atoms with E-state index in [1.54, 1.807) is 6.92 Å². The minimum absolute atomic E-state index is 0.0550. The second-order valence-electron chi connectivity index (χ2n) is 2.41. The van der Waals surface area contributed by atoms with Gasteiger partial charge in [0.25, 0.3) is 5.91 Å². The minimum atomic E-state index is -0.487. The van der Waals surface area contributed by atoms with Crippen molar-refractivity contribution >= 4 is 18.0 Å². The third kappa shape index (κ3) is 3.70. The molecule has 0 unspecified atom stereocenters. The molecular weight excluding hydrogens is 184 g/mol. The van der Waals surface area contributed by atoms with E-state index in [4.69, 9.17) is 5.73 Å². The van der Waals surface area contributed by atoms with Crippen LogP contribution in [0.2, 0.25) is 0 Å². The number of rotatable bonds is 3. The molecule has 0 aromatic rings. The maximum atomic E-state index is 11.1. The van der Waals surface area contributed by atoms with Crippen molar-refractivity contribution in [1.82, 2.24) is 10.6 Å². The molecule has 0 radical (unpaired) electrons. The van der Waals surface area contributed by atoms with Crippen LogP contribution in [0.1, 0.15) is 13.8 Å². The van der Waals surface area contributed by atoms with Crippen molar-refractivity contribution in [3.8, 4) is 0 Å². The van der Waals surface area contributed by atoms with Gasteiger partial charge in [-0.3, -0.25) is 9.59 Å². The van der Waals surface area contributed by atoms with E-state index in [2.05, 4.69) is 15.6 Å². The number of carbonyl (C=O) groups excluding carboxylic acids is 2. The monoisotopic (exact) mass is 198 g/mol. The van der Waals surface area contributed by atoms with Crippen LogP contribution in [0.15, 0.2) is 16.5 Å². The van der Waals surface area contributed by atoms with E-state index in [1.807, 2.05) is 0 Å². The lowest BCUT2D eigenvalue weighted by atomic mass is 10.4. The molecule has 0 fully saturated rings. The van der Waals surface area contributed by atoms with E-state index < -0.39 is 5.91 Å². The summed E-state index contributed by atoms with van der Waals surface area (Å²) in [7, 11) is 1.44. The maximum Gasteiger partial charge on any atom is 0.270 e. The molecular formula is C8H14N4O2. The number of amides is 2. The van der Waals surface area contributed by atoms with E-state index in [9.17, 15) is 9.59 Å². The zero-order valence-electron chi connectivity index (χ0n) is 8.42. The molecule has 0 rings (SSSR count). The van der Waals surface area contributed by atoms with E-state index in [0.29, 0.717) is 0 Å². The summed E-state index contributed by atoms with van der Waals surface area (Å²) < 4.78 is 0. The fourth-order valence-electron chi connectivity index (χ4n) is 0.707. The third-order valence-corrected chi connectivity index (χ3v) is 1.28. The van der Waals surface area contributed by atoms with Crippen molar-refractivity contribution in [2.75, 3.05) is 7.05 Å². The quantitative estimate of drug-likeness (QED) is 0.404. The number of hydrogen-bond acceptors (Lipinski definition) is 4. The number of carbonyl (C=O) groups is 2. The third-order valence-electron chi connectivity index (χ3n) is 1.28. The summed E-state index contributed by atoms with van der Waals surface area (Å²) in [6.45, 7) is 2.96. The average molecular weight is 198 g/mol. The van der Waals surface area contributed by atoms with Crippen LogP contribution < -0.4 is 16.4 Å². The largest absolute Gasteiger partial charge is 0.391 e. The van der Waals surface area contributed by atoms with E-state index in [-0.39, 0.29) is 17.4 Å². The van der Waals surface area contributed by atoms with Crippen molar-refractivity contribution < 1.29 is 9.59 Å². The molecule has 0 aliphatic heterocycles. The van der Waals surface area contributed by atoms with Crippen LogP contribution in [0.4, 0.5) is 0 Å². The molecule has 0 saturated carbocycles. The van der Waals surface area contributed by atoms with Gasteiger partial charge in [-0.05, 0) is 6.92 Å². The van der Waals surface area contributed by atoms with Gasteiger partial charge in [0.1, 0.15) is 5.70 Å². The molecule has 0 aliphatic carbocycles. The Hall–Kier alpha value is -1.85. The maximum absolute atomic E-state index is 11.1. The molecule has 14 heavy (non-hydrogen) atoms. The van der Waals surface area contributed by atoms with Gasteiger partial charge in [-0.25, -0.2) is 4.99 Å². The van der Waals surface area contributed by atoms with Crippen LogP contribution in [-0.4, -0.2) is 25.1 Å². The number of nitrogens with two attached hydrogens (primary N) is 1. The summed E-state index contributed by atoms with van der Waals surface area (Å²) in [6.07, 6.45) is 1.43. The highest BCUT2D eigenvalue weighted by Crippen LogP contribution is 1.96. The van der Waals surface area contributed by atoms with Gasteiger partial charge in [0.15, 0.2) is 5.82 Å². The van der Waals surface area contributed by atoms with E-state index in [1.165, 1.54) is 20.2 Å². The van der Waals surface area contributed by atoms with Gasteiger partial charge in [-0.2, -0.15) is 0 Å². The molecule has 0 aliphatic rings. The second kappa shape index (κ2) is 5.74. The molecule has 6 heteroatoms. The number of hydrogen-bond donors (Lipinski definition) is 3. The van der Waals surface area contributed by atoms with Crippen LogP contribution in [0.25, 0.3) is 0 Å². The molecule has 0 bridgehead atoms. The van der Waals surface area contributed by atoms with Crippen molar-refractivity contribution in [2.24, 2.45) is 10.7 Å². The molecule has 0 spiro atoms. The Morgan fingerprint density at radius 2 is 2.00 bits per heavy atom. The van der Waals surface area contributed by atoms with Gasteiger partial charge in [-0.15, -0.1) is 0 Å². The van der Waals surface area contributed by atoms with Crippen LogP contribution in [0.3, 0.4) is 0 Å². The van der Waals surface area contributed by atoms with Crippen LogP contribution in [-0.2, 0) is 9.59 Å². The van der Waals surface area contributed by atoms with Crippen molar-refractivity contribution in [3.05, 3.63) is 11.5 Å². The van der Waals surface area contributed by atoms with E-state index >= 15 is 0 Å². The standard InChI is InChI=1S/C8H14N4O2/c1-4-11-7(12-5(2)13)6(9)8(14)10-3/h4H,9H2,1-3H3,(H,10,14)(H,12,13)/b7-6+,11-4-. The fourth-order valence-corrected chi connectivity index (χ4v) is 0.707. The first-order chi connectivity index (χ1) is 6.52. The Bertz CT molecular complexity index is 294. The summed E-state index contributed by atoms with van der Waals surface area (Å²) in [6, 6.07) is 0. The minimum Gasteiger partial charge on any atom is -0.391 e. The van der Waals surface area contributed by atoms with Gasteiger partial charge in [-0.1, -0.05) is 0 Å². The Morgan fingerprint density at radius 1 is 1.43 bits per heavy atom. The van der Waals surface area contributed by atoms with Crippen molar-refractivity contribution in [3.63, 3.8) is 0 Å². The summed E-state index contributed by atoms with van der Waals surface area (Å²) >= 11 is 0. The molecule has 0 heterocycles. The fraction of sp³-hybridized carbons (Fsp3) is 0.375. The number of nitrogens with zero attached hydrogens (tertiary/aromatic N) is 1. The highest BCUT2D eigenvalue weighted by atomic mass is 16.2. The van der Waals surface area contributed by atoms with Gasteiger partial charge in [0.05, 0.1) is 0 Å². The molecule has 0 saturated heterocycles. The van der Waals surface area contributed by atoms with E-state index in [0.717, 1.165) is 0 Å². The predicted octanol–water partition coefficient (Wildman–Crippen LogP) is -0.913. The first-order valence-corrected chi connectivity index (χ1v) is 4.01. The molecule has 0 atom stereocenters. The van der Waals surface area contributed by atoms with Crippen molar-refractivity contribution in [1.29, 1.82) is 0 Å². The first kappa shape index (κ1) is 12.2. The van der Waals surface area contributed by atoms with Crippen LogP contribution in [0.5, 0.6) is 0 Å². The lowest BCUT2D eigenvalue weighted by Gasteiger charge is -2.06. The van der Waals surface area contributed by atoms with Crippen LogP contribution >= 0.6 is 0 Å².